The lowest BCUT2D eigenvalue weighted by Gasteiger charge is -2.36. The molecule has 7 nitrogen and oxygen atoms in total. The van der Waals surface area contributed by atoms with Gasteiger partial charge in [0, 0.05) is 24.7 Å². The molecule has 2 aromatic carbocycles. The molecule has 0 spiro atoms. The number of nitrogens with one attached hydrogen (secondary N) is 2. The lowest BCUT2D eigenvalue weighted by atomic mass is 9.88. The predicted octanol–water partition coefficient (Wildman–Crippen LogP) is 3.57. The normalized spacial score (nSPS) is 15.8. The molecule has 182 valence electrons. The summed E-state index contributed by atoms with van der Waals surface area (Å²) in [6.07, 6.45) is 2.04. The van der Waals surface area contributed by atoms with Crippen molar-refractivity contribution in [2.75, 3.05) is 20.2 Å². The first-order valence-electron chi connectivity index (χ1n) is 11.9. The second kappa shape index (κ2) is 11.7. The van der Waals surface area contributed by atoms with Gasteiger partial charge < -0.3 is 20.3 Å². The minimum absolute atomic E-state index is 0.0125. The van der Waals surface area contributed by atoms with Crippen LogP contribution in [0.15, 0.2) is 48.5 Å². The number of para-hydroxylation sites is 1. The first-order valence-corrected chi connectivity index (χ1v) is 11.9. The van der Waals surface area contributed by atoms with Crippen molar-refractivity contribution in [3.63, 3.8) is 0 Å². The van der Waals surface area contributed by atoms with Crippen molar-refractivity contribution in [2.45, 2.75) is 52.1 Å². The molecule has 1 aliphatic rings. The molecule has 7 heteroatoms. The lowest BCUT2D eigenvalue weighted by molar-refractivity contribution is -0.125. The Morgan fingerprint density at radius 3 is 2.29 bits per heavy atom. The Hall–Kier alpha value is -3.35. The van der Waals surface area contributed by atoms with Crippen LogP contribution >= 0.6 is 0 Å². The van der Waals surface area contributed by atoms with Gasteiger partial charge in [0.2, 0.25) is 5.91 Å². The molecule has 1 heterocycles. The summed E-state index contributed by atoms with van der Waals surface area (Å²) in [6.45, 7) is 6.94. The molecule has 1 saturated heterocycles. The van der Waals surface area contributed by atoms with Gasteiger partial charge in [-0.05, 0) is 63.3 Å². The standard InChI is InChI=1S/C27H35N3O4/c1-5-19(3)28-26(32)24(29-25(31)21-12-10-18(2)11-13-21)20-14-16-30(17-15-20)27(33)22-8-6-7-9-23(22)34-4/h6-13,19-20,24H,5,14-17H2,1-4H3,(H,28,32)(H,29,31)/t19-,24+/m1/s1. The number of ether oxygens (including phenoxy) is 1. The number of carbonyl (C=O) groups is 3. The van der Waals surface area contributed by atoms with E-state index < -0.39 is 6.04 Å². The molecule has 2 atom stereocenters. The Morgan fingerprint density at radius 2 is 1.68 bits per heavy atom. The third-order valence-corrected chi connectivity index (χ3v) is 6.52. The number of methoxy groups -OCH3 is 1. The van der Waals surface area contributed by atoms with E-state index in [4.69, 9.17) is 4.74 Å². The van der Waals surface area contributed by atoms with Crippen molar-refractivity contribution in [2.24, 2.45) is 5.92 Å². The smallest absolute Gasteiger partial charge is 0.257 e. The summed E-state index contributed by atoms with van der Waals surface area (Å²) in [5.74, 6) is -0.0488. The van der Waals surface area contributed by atoms with E-state index in [2.05, 4.69) is 10.6 Å². The molecule has 3 rings (SSSR count). The highest BCUT2D eigenvalue weighted by Gasteiger charge is 2.35. The largest absolute Gasteiger partial charge is 0.496 e. The van der Waals surface area contributed by atoms with Crippen molar-refractivity contribution in [1.29, 1.82) is 0 Å². The fourth-order valence-corrected chi connectivity index (χ4v) is 4.19. The molecule has 34 heavy (non-hydrogen) atoms. The third-order valence-electron chi connectivity index (χ3n) is 6.52. The fourth-order valence-electron chi connectivity index (χ4n) is 4.19. The van der Waals surface area contributed by atoms with Crippen molar-refractivity contribution in [3.05, 3.63) is 65.2 Å². The molecule has 2 aromatic rings. The number of benzene rings is 2. The molecule has 0 radical (unpaired) electrons. The summed E-state index contributed by atoms with van der Waals surface area (Å²) in [5.41, 5.74) is 2.12. The first kappa shape index (κ1) is 25.3. The van der Waals surface area contributed by atoms with Crippen molar-refractivity contribution >= 4 is 17.7 Å². The number of hydrogen-bond donors (Lipinski definition) is 2. The molecule has 2 N–H and O–H groups in total. The van der Waals surface area contributed by atoms with Gasteiger partial charge in [-0.3, -0.25) is 14.4 Å². The van der Waals surface area contributed by atoms with Crippen LogP contribution in [-0.2, 0) is 4.79 Å². The molecule has 0 aromatic heterocycles. The van der Waals surface area contributed by atoms with Crippen LogP contribution in [0.2, 0.25) is 0 Å². The zero-order valence-corrected chi connectivity index (χ0v) is 20.5. The summed E-state index contributed by atoms with van der Waals surface area (Å²) < 4.78 is 5.34. The van der Waals surface area contributed by atoms with Gasteiger partial charge in [-0.2, -0.15) is 0 Å². The number of piperidine rings is 1. The summed E-state index contributed by atoms with van der Waals surface area (Å²) in [4.78, 5) is 40.9. The Kier molecular flexibility index (Phi) is 8.68. The average Bonchev–Trinajstić information content (AvgIpc) is 2.87. The molecule has 0 bridgehead atoms. The summed E-state index contributed by atoms with van der Waals surface area (Å²) in [6, 6.07) is 13.8. The zero-order chi connectivity index (χ0) is 24.7. The predicted molar refractivity (Wildman–Crippen MR) is 132 cm³/mol. The Balaban J connectivity index is 1.71. The van der Waals surface area contributed by atoms with Crippen LogP contribution in [0.1, 0.15) is 59.4 Å². The highest BCUT2D eigenvalue weighted by atomic mass is 16.5. The van der Waals surface area contributed by atoms with Gasteiger partial charge in [-0.25, -0.2) is 0 Å². The second-order valence-electron chi connectivity index (χ2n) is 8.96. The van der Waals surface area contributed by atoms with Crippen LogP contribution in [-0.4, -0.2) is 54.9 Å². The molecule has 0 aliphatic carbocycles. The number of rotatable bonds is 8. The van der Waals surface area contributed by atoms with Crippen LogP contribution in [0, 0.1) is 12.8 Å². The van der Waals surface area contributed by atoms with Crippen LogP contribution < -0.4 is 15.4 Å². The molecule has 1 aliphatic heterocycles. The SMILES string of the molecule is CC[C@@H](C)NC(=O)[C@@H](NC(=O)c1ccc(C)cc1)C1CCN(C(=O)c2ccccc2OC)CC1. The molecule has 3 amide bonds. The Labute approximate surface area is 201 Å². The highest BCUT2D eigenvalue weighted by Crippen LogP contribution is 2.26. The lowest BCUT2D eigenvalue weighted by Crippen LogP contribution is -2.55. The second-order valence-corrected chi connectivity index (χ2v) is 8.96. The molecular weight excluding hydrogens is 430 g/mol. The van der Waals surface area contributed by atoms with E-state index in [9.17, 15) is 14.4 Å². The zero-order valence-electron chi connectivity index (χ0n) is 20.5. The van der Waals surface area contributed by atoms with Crippen LogP contribution in [0.5, 0.6) is 5.75 Å². The van der Waals surface area contributed by atoms with Gasteiger partial charge in [0.05, 0.1) is 12.7 Å². The number of nitrogens with zero attached hydrogens (tertiary/aromatic N) is 1. The summed E-state index contributed by atoms with van der Waals surface area (Å²) in [7, 11) is 1.55. The van der Waals surface area contributed by atoms with Gasteiger partial charge in [0.25, 0.3) is 11.8 Å². The Morgan fingerprint density at radius 1 is 1.03 bits per heavy atom. The number of carbonyl (C=O) groups excluding carboxylic acids is 3. The monoisotopic (exact) mass is 465 g/mol. The summed E-state index contributed by atoms with van der Waals surface area (Å²) >= 11 is 0. The molecule has 0 saturated carbocycles. The van der Waals surface area contributed by atoms with Crippen LogP contribution in [0.25, 0.3) is 0 Å². The summed E-state index contributed by atoms with van der Waals surface area (Å²) in [5, 5.41) is 5.99. The number of amides is 3. The van der Waals surface area contributed by atoms with E-state index in [1.807, 2.05) is 45.0 Å². The van der Waals surface area contributed by atoms with Gasteiger partial charge in [-0.15, -0.1) is 0 Å². The fraction of sp³-hybridized carbons (Fsp3) is 0.444. The van der Waals surface area contributed by atoms with E-state index in [1.54, 1.807) is 36.3 Å². The van der Waals surface area contributed by atoms with Crippen molar-refractivity contribution < 1.29 is 19.1 Å². The van der Waals surface area contributed by atoms with Crippen molar-refractivity contribution in [1.82, 2.24) is 15.5 Å². The molecular formula is C27H35N3O4. The van der Waals surface area contributed by atoms with E-state index in [1.165, 1.54) is 0 Å². The van der Waals surface area contributed by atoms with Gasteiger partial charge in [0.15, 0.2) is 0 Å². The first-order chi connectivity index (χ1) is 16.3. The van der Waals surface area contributed by atoms with E-state index in [0.29, 0.717) is 42.8 Å². The van der Waals surface area contributed by atoms with Gasteiger partial charge in [0.1, 0.15) is 11.8 Å². The van der Waals surface area contributed by atoms with Gasteiger partial charge in [-0.1, -0.05) is 36.8 Å². The van der Waals surface area contributed by atoms with Crippen LogP contribution in [0.3, 0.4) is 0 Å². The Bertz CT molecular complexity index is 997. The van der Waals surface area contributed by atoms with E-state index in [0.717, 1.165) is 12.0 Å². The van der Waals surface area contributed by atoms with Crippen molar-refractivity contribution in [3.8, 4) is 5.75 Å². The number of aryl methyl sites for hydroxylation is 1. The van der Waals surface area contributed by atoms with Crippen LogP contribution in [0.4, 0.5) is 0 Å². The maximum absolute atomic E-state index is 13.1. The number of hydrogen-bond acceptors (Lipinski definition) is 4. The molecule has 1 fully saturated rings. The highest BCUT2D eigenvalue weighted by molar-refractivity contribution is 5.98. The maximum Gasteiger partial charge on any atom is 0.257 e. The molecule has 0 unspecified atom stereocenters. The minimum atomic E-state index is -0.661. The van der Waals surface area contributed by atoms with E-state index in [-0.39, 0.29) is 29.7 Å². The maximum atomic E-state index is 13.1. The minimum Gasteiger partial charge on any atom is -0.496 e. The van der Waals surface area contributed by atoms with E-state index >= 15 is 0 Å². The quantitative estimate of drug-likeness (QED) is 0.624. The third kappa shape index (κ3) is 6.16. The van der Waals surface area contributed by atoms with Gasteiger partial charge >= 0.3 is 0 Å². The topological polar surface area (TPSA) is 87.7 Å². The number of likely N-dealkylation sites (tertiary alicyclic amines) is 1. The average molecular weight is 466 g/mol.